The Balaban J connectivity index is 2.53. The molecule has 0 saturated carbocycles. The van der Waals surface area contributed by atoms with Gasteiger partial charge in [0.25, 0.3) is 5.91 Å². The zero-order valence-electron chi connectivity index (χ0n) is 11.1. The first-order chi connectivity index (χ1) is 8.98. The van der Waals surface area contributed by atoms with Gasteiger partial charge in [0.15, 0.2) is 0 Å². The van der Waals surface area contributed by atoms with Crippen LogP contribution in [0.25, 0.3) is 0 Å². The van der Waals surface area contributed by atoms with Crippen molar-refractivity contribution in [3.05, 3.63) is 35.4 Å². The van der Waals surface area contributed by atoms with Crippen LogP contribution in [0.4, 0.5) is 0 Å². The quantitative estimate of drug-likeness (QED) is 0.832. The predicted molar refractivity (Wildman–Crippen MR) is 77.1 cm³/mol. The molecule has 0 bridgehead atoms. The Hall–Kier alpha value is -1.51. The highest BCUT2D eigenvalue weighted by Gasteiger charge is 2.20. The number of thioether (sulfide) groups is 1. The van der Waals surface area contributed by atoms with Crippen molar-refractivity contribution in [1.29, 1.82) is 5.26 Å². The Morgan fingerprint density at radius 1 is 1.47 bits per heavy atom. The number of carbonyl (C=O) groups excluding carboxylic acids is 1. The standard InChI is InChI=1S/C14H18N2O2S/c1-14(18,7-8-19-2)10-16-13(17)12-5-3-11(9-15)4-6-12/h3-6,18H,7-8,10H2,1-2H3,(H,16,17)/t14-/m0/s1. The van der Waals surface area contributed by atoms with Crippen molar-refractivity contribution >= 4 is 17.7 Å². The number of aliphatic hydroxyl groups is 1. The molecule has 0 aliphatic carbocycles. The summed E-state index contributed by atoms with van der Waals surface area (Å²) >= 11 is 1.66. The lowest BCUT2D eigenvalue weighted by Crippen LogP contribution is -2.41. The number of nitriles is 1. The minimum Gasteiger partial charge on any atom is -0.388 e. The summed E-state index contributed by atoms with van der Waals surface area (Å²) in [6.07, 6.45) is 2.60. The van der Waals surface area contributed by atoms with Crippen molar-refractivity contribution < 1.29 is 9.90 Å². The van der Waals surface area contributed by atoms with E-state index in [1.54, 1.807) is 43.0 Å². The van der Waals surface area contributed by atoms with E-state index in [0.717, 1.165) is 5.75 Å². The number of rotatable bonds is 6. The van der Waals surface area contributed by atoms with E-state index in [9.17, 15) is 9.90 Å². The lowest BCUT2D eigenvalue weighted by atomic mass is 10.0. The van der Waals surface area contributed by atoms with Crippen molar-refractivity contribution in [2.24, 2.45) is 0 Å². The number of nitrogens with one attached hydrogen (secondary N) is 1. The Kier molecular flexibility index (Phi) is 5.87. The van der Waals surface area contributed by atoms with Gasteiger partial charge in [-0.05, 0) is 49.6 Å². The highest BCUT2D eigenvalue weighted by molar-refractivity contribution is 7.98. The van der Waals surface area contributed by atoms with Crippen molar-refractivity contribution in [1.82, 2.24) is 5.32 Å². The van der Waals surface area contributed by atoms with E-state index < -0.39 is 5.60 Å². The van der Waals surface area contributed by atoms with Gasteiger partial charge in [0.2, 0.25) is 0 Å². The summed E-state index contributed by atoms with van der Waals surface area (Å²) in [6.45, 7) is 1.93. The second-order valence-corrected chi connectivity index (χ2v) is 5.60. The van der Waals surface area contributed by atoms with Gasteiger partial charge in [0, 0.05) is 12.1 Å². The molecule has 4 nitrogen and oxygen atoms in total. The van der Waals surface area contributed by atoms with Crippen LogP contribution in [0.2, 0.25) is 0 Å². The van der Waals surface area contributed by atoms with Crippen LogP contribution < -0.4 is 5.32 Å². The third kappa shape index (κ3) is 5.33. The van der Waals surface area contributed by atoms with E-state index in [1.165, 1.54) is 0 Å². The molecule has 1 aromatic rings. The highest BCUT2D eigenvalue weighted by Crippen LogP contribution is 2.12. The van der Waals surface area contributed by atoms with Gasteiger partial charge in [-0.15, -0.1) is 0 Å². The molecule has 0 unspecified atom stereocenters. The van der Waals surface area contributed by atoms with Crippen LogP contribution in [0.1, 0.15) is 29.3 Å². The van der Waals surface area contributed by atoms with E-state index in [4.69, 9.17) is 5.26 Å². The maximum absolute atomic E-state index is 11.9. The van der Waals surface area contributed by atoms with E-state index in [1.807, 2.05) is 12.3 Å². The Labute approximate surface area is 117 Å². The first-order valence-electron chi connectivity index (χ1n) is 5.98. The Morgan fingerprint density at radius 3 is 2.63 bits per heavy atom. The molecule has 102 valence electrons. The maximum Gasteiger partial charge on any atom is 0.251 e. The summed E-state index contributed by atoms with van der Waals surface area (Å²) in [5.41, 5.74) is 0.105. The summed E-state index contributed by atoms with van der Waals surface area (Å²) in [5, 5.41) is 21.4. The fourth-order valence-electron chi connectivity index (χ4n) is 1.48. The molecule has 1 amide bonds. The molecular formula is C14H18N2O2S. The van der Waals surface area contributed by atoms with Crippen molar-refractivity contribution in [2.45, 2.75) is 18.9 Å². The fraction of sp³-hybridized carbons (Fsp3) is 0.429. The second kappa shape index (κ2) is 7.17. The Bertz CT molecular complexity index is 463. The highest BCUT2D eigenvalue weighted by atomic mass is 32.2. The number of hydrogen-bond donors (Lipinski definition) is 2. The van der Waals surface area contributed by atoms with Gasteiger partial charge in [-0.25, -0.2) is 0 Å². The van der Waals surface area contributed by atoms with Crippen LogP contribution in [0.15, 0.2) is 24.3 Å². The number of hydrogen-bond acceptors (Lipinski definition) is 4. The van der Waals surface area contributed by atoms with Gasteiger partial charge < -0.3 is 10.4 Å². The Morgan fingerprint density at radius 2 is 2.11 bits per heavy atom. The minimum atomic E-state index is -0.898. The van der Waals surface area contributed by atoms with E-state index in [0.29, 0.717) is 17.5 Å². The first-order valence-corrected chi connectivity index (χ1v) is 7.37. The second-order valence-electron chi connectivity index (χ2n) is 4.61. The molecule has 19 heavy (non-hydrogen) atoms. The van der Waals surface area contributed by atoms with Gasteiger partial charge in [-0.3, -0.25) is 4.79 Å². The molecule has 0 aromatic heterocycles. The van der Waals surface area contributed by atoms with Gasteiger partial charge >= 0.3 is 0 Å². The molecule has 0 fully saturated rings. The summed E-state index contributed by atoms with van der Waals surface area (Å²) in [6, 6.07) is 8.40. The number of amides is 1. The number of nitrogens with zero attached hydrogens (tertiary/aromatic N) is 1. The van der Waals surface area contributed by atoms with Gasteiger partial charge in [0.1, 0.15) is 0 Å². The molecule has 5 heteroatoms. The molecule has 2 N–H and O–H groups in total. The SMILES string of the molecule is CSCC[C@](C)(O)CNC(=O)c1ccc(C#N)cc1. The molecule has 0 aliphatic heterocycles. The van der Waals surface area contributed by atoms with Gasteiger partial charge in [0.05, 0.1) is 17.2 Å². The van der Waals surface area contributed by atoms with Crippen LogP contribution in [0.3, 0.4) is 0 Å². The largest absolute Gasteiger partial charge is 0.388 e. The van der Waals surface area contributed by atoms with Crippen molar-refractivity contribution in [2.75, 3.05) is 18.6 Å². The molecule has 1 rings (SSSR count). The zero-order valence-corrected chi connectivity index (χ0v) is 12.0. The van der Waals surface area contributed by atoms with E-state index in [-0.39, 0.29) is 12.5 Å². The molecule has 0 spiro atoms. The topological polar surface area (TPSA) is 73.1 Å². The van der Waals surface area contributed by atoms with E-state index >= 15 is 0 Å². The van der Waals surface area contributed by atoms with Crippen LogP contribution in [-0.2, 0) is 0 Å². The number of carbonyl (C=O) groups is 1. The van der Waals surface area contributed by atoms with Crippen LogP contribution in [0, 0.1) is 11.3 Å². The summed E-state index contributed by atoms with van der Waals surface area (Å²) in [5.74, 6) is 0.605. The monoisotopic (exact) mass is 278 g/mol. The summed E-state index contributed by atoms with van der Waals surface area (Å²) < 4.78 is 0. The third-order valence-electron chi connectivity index (χ3n) is 2.75. The fourth-order valence-corrected chi connectivity index (χ4v) is 2.12. The summed E-state index contributed by atoms with van der Waals surface area (Å²) in [7, 11) is 0. The number of benzene rings is 1. The predicted octanol–water partition coefficient (Wildman–Crippen LogP) is 1.79. The van der Waals surface area contributed by atoms with Crippen molar-refractivity contribution in [3.8, 4) is 6.07 Å². The smallest absolute Gasteiger partial charge is 0.251 e. The molecule has 0 heterocycles. The molecule has 0 radical (unpaired) electrons. The normalized spacial score (nSPS) is 13.4. The average Bonchev–Trinajstić information content (AvgIpc) is 2.43. The summed E-state index contributed by atoms with van der Waals surface area (Å²) in [4.78, 5) is 11.9. The van der Waals surface area contributed by atoms with Crippen LogP contribution in [0.5, 0.6) is 0 Å². The maximum atomic E-state index is 11.9. The van der Waals surface area contributed by atoms with Gasteiger partial charge in [-0.2, -0.15) is 17.0 Å². The lowest BCUT2D eigenvalue weighted by Gasteiger charge is -2.23. The molecule has 0 saturated heterocycles. The molecule has 0 aliphatic rings. The molecule has 1 aromatic carbocycles. The molecule has 1 atom stereocenters. The van der Waals surface area contributed by atoms with Crippen LogP contribution >= 0.6 is 11.8 Å². The van der Waals surface area contributed by atoms with Crippen molar-refractivity contribution in [3.63, 3.8) is 0 Å². The van der Waals surface area contributed by atoms with Gasteiger partial charge in [-0.1, -0.05) is 0 Å². The first kappa shape index (κ1) is 15.5. The van der Waals surface area contributed by atoms with E-state index in [2.05, 4.69) is 5.32 Å². The minimum absolute atomic E-state index is 0.215. The van der Waals surface area contributed by atoms with Crippen LogP contribution in [-0.4, -0.2) is 35.2 Å². The zero-order chi connectivity index (χ0) is 14.3. The average molecular weight is 278 g/mol. The molecular weight excluding hydrogens is 260 g/mol. The third-order valence-corrected chi connectivity index (χ3v) is 3.36. The lowest BCUT2D eigenvalue weighted by molar-refractivity contribution is 0.0528.